The van der Waals surface area contributed by atoms with Crippen molar-refractivity contribution < 1.29 is 9.87 Å². The lowest BCUT2D eigenvalue weighted by Gasteiger charge is -1.78. The van der Waals surface area contributed by atoms with Gasteiger partial charge in [0.2, 0.25) is 0 Å². The Morgan fingerprint density at radius 2 is 2.00 bits per heavy atom. The molecule has 0 aliphatic rings. The number of hydrogen-bond acceptors (Lipinski definition) is 0. The molecular weight excluding hydrogens is 91.1 g/mol. The van der Waals surface area contributed by atoms with Crippen molar-refractivity contribution in [2.24, 2.45) is 0 Å². The smallest absolute Gasteiger partial charge is 0.123 e. The van der Waals surface area contributed by atoms with Gasteiger partial charge in [0, 0.05) is 0 Å². The highest BCUT2D eigenvalue weighted by atomic mass is 19.1. The second-order valence-corrected chi connectivity index (χ2v) is 0.997. The summed E-state index contributed by atoms with van der Waals surface area (Å²) in [7, 11) is 0. The first-order valence-corrected chi connectivity index (χ1v) is 1.77. The minimum absolute atomic E-state index is 0.358. The maximum Gasteiger partial charge on any atom is 0.123 e. The quantitative estimate of drug-likeness (QED) is 0.466. The zero-order chi connectivity index (χ0) is 8.59. The molecule has 0 bridgehead atoms. The Labute approximate surface area is 47.2 Å². The Bertz CT molecular complexity index is 271. The van der Waals surface area contributed by atoms with Gasteiger partial charge >= 0.3 is 0 Å². The molecule has 0 fully saturated rings. The molecule has 1 heteroatoms. The molecule has 0 N–H and O–H groups in total. The SMILES string of the molecule is [2H]c1cc([2H])c([2H])c(F)c1[2H]. The summed E-state index contributed by atoms with van der Waals surface area (Å²) in [6.45, 7) is 0. The minimum Gasteiger partial charge on any atom is -0.207 e. The first kappa shape index (κ1) is 1.58. The summed E-state index contributed by atoms with van der Waals surface area (Å²) in [5, 5.41) is 0. The molecule has 36 valence electrons. The van der Waals surface area contributed by atoms with E-state index in [4.69, 9.17) is 5.48 Å². The normalized spacial score (nSPS) is 16.7. The van der Waals surface area contributed by atoms with E-state index in [1.165, 1.54) is 0 Å². The van der Waals surface area contributed by atoms with Crippen LogP contribution >= 0.6 is 0 Å². The molecule has 0 saturated heterocycles. The molecule has 0 aliphatic carbocycles. The van der Waals surface area contributed by atoms with Crippen LogP contribution in [0.2, 0.25) is 0 Å². The first-order valence-electron chi connectivity index (χ1n) is 3.77. The number of rotatable bonds is 0. The fourth-order valence-corrected chi connectivity index (χ4v) is 0.266. The van der Waals surface area contributed by atoms with Crippen molar-refractivity contribution in [3.63, 3.8) is 0 Å². The van der Waals surface area contributed by atoms with Gasteiger partial charge in [-0.05, 0) is 12.1 Å². The second kappa shape index (κ2) is 1.73. The molecule has 7 heavy (non-hydrogen) atoms. The van der Waals surface area contributed by atoms with Crippen LogP contribution in [-0.2, 0) is 0 Å². The fraction of sp³-hybridized carbons (Fsp3) is 0. The molecule has 0 atom stereocenters. The Hall–Kier alpha value is -0.850. The van der Waals surface area contributed by atoms with Gasteiger partial charge in [-0.15, -0.1) is 0 Å². The van der Waals surface area contributed by atoms with Crippen LogP contribution in [0.3, 0.4) is 0 Å². The van der Waals surface area contributed by atoms with Crippen LogP contribution in [0.1, 0.15) is 5.48 Å². The van der Waals surface area contributed by atoms with Gasteiger partial charge in [-0.1, -0.05) is 18.2 Å². The van der Waals surface area contributed by atoms with E-state index in [0.29, 0.717) is 0 Å². The predicted octanol–water partition coefficient (Wildman–Crippen LogP) is 1.83. The average Bonchev–Trinajstić information content (AvgIpc) is 1.97. The van der Waals surface area contributed by atoms with E-state index >= 15 is 0 Å². The van der Waals surface area contributed by atoms with Gasteiger partial charge in [0.25, 0.3) is 0 Å². The van der Waals surface area contributed by atoms with Gasteiger partial charge in [0.05, 0.1) is 5.48 Å². The Kier molecular flexibility index (Phi) is 0.392. The van der Waals surface area contributed by atoms with E-state index in [9.17, 15) is 4.39 Å². The molecule has 1 aromatic rings. The zero-order valence-corrected chi connectivity index (χ0v) is 3.46. The lowest BCUT2D eigenvalue weighted by molar-refractivity contribution is 0.628. The Balaban J connectivity index is 3.46. The third-order valence-corrected chi connectivity index (χ3v) is 0.508. The molecule has 1 aromatic carbocycles. The van der Waals surface area contributed by atoms with Crippen LogP contribution in [0, 0.1) is 5.82 Å². The van der Waals surface area contributed by atoms with Gasteiger partial charge in [0.15, 0.2) is 0 Å². The van der Waals surface area contributed by atoms with Gasteiger partial charge in [0.1, 0.15) is 5.82 Å². The van der Waals surface area contributed by atoms with Crippen molar-refractivity contribution in [3.8, 4) is 0 Å². The predicted molar refractivity (Wildman–Crippen MR) is 26.4 cm³/mol. The molecule has 0 unspecified atom stereocenters. The minimum atomic E-state index is -1.09. The number of hydrogen-bond donors (Lipinski definition) is 0. The third-order valence-electron chi connectivity index (χ3n) is 0.508. The molecule has 1 rings (SSSR count). The van der Waals surface area contributed by atoms with E-state index in [-0.39, 0.29) is 12.1 Å². The summed E-state index contributed by atoms with van der Waals surface area (Å²) in [5.41, 5.74) is 0. The summed E-state index contributed by atoms with van der Waals surface area (Å²) in [4.78, 5) is 0. The molecule has 0 radical (unpaired) electrons. The molecule has 0 nitrogen and oxygen atoms in total. The van der Waals surface area contributed by atoms with Crippen LogP contribution in [-0.4, -0.2) is 0 Å². The van der Waals surface area contributed by atoms with Gasteiger partial charge in [-0.3, -0.25) is 0 Å². The monoisotopic (exact) mass is 100 g/mol. The van der Waals surface area contributed by atoms with E-state index in [1.54, 1.807) is 0 Å². The van der Waals surface area contributed by atoms with E-state index in [1.807, 2.05) is 0 Å². The van der Waals surface area contributed by atoms with Gasteiger partial charge < -0.3 is 0 Å². The molecular formula is C6H5F. The first-order chi connectivity index (χ1) is 5.04. The summed E-state index contributed by atoms with van der Waals surface area (Å²) < 4.78 is 40.4. The van der Waals surface area contributed by atoms with Gasteiger partial charge in [-0.2, -0.15) is 0 Å². The van der Waals surface area contributed by atoms with Crippen molar-refractivity contribution in [3.05, 3.63) is 36.1 Å². The van der Waals surface area contributed by atoms with Crippen LogP contribution in [0.5, 0.6) is 0 Å². The fourth-order valence-electron chi connectivity index (χ4n) is 0.266. The Morgan fingerprint density at radius 3 is 2.57 bits per heavy atom. The van der Waals surface area contributed by atoms with E-state index < -0.39 is 17.9 Å². The topological polar surface area (TPSA) is 0 Å². The largest absolute Gasteiger partial charge is 0.207 e. The average molecular weight is 100 g/mol. The standard InChI is InChI=1S/C6H5F/c7-6-4-2-1-3-5-6/h1-5H/i2D,3D,4D,5D. The summed E-state index contributed by atoms with van der Waals surface area (Å²) in [5.74, 6) is -1.09. The zero-order valence-electron chi connectivity index (χ0n) is 7.46. The molecule has 0 aliphatic heterocycles. The van der Waals surface area contributed by atoms with Gasteiger partial charge in [-0.25, -0.2) is 4.39 Å². The lowest BCUT2D eigenvalue weighted by Crippen LogP contribution is -1.63. The van der Waals surface area contributed by atoms with Crippen molar-refractivity contribution >= 4 is 0 Å². The highest BCUT2D eigenvalue weighted by Crippen LogP contribution is 1.91. The van der Waals surface area contributed by atoms with Crippen LogP contribution < -0.4 is 0 Å². The number of halogens is 1. The highest BCUT2D eigenvalue weighted by molar-refractivity contribution is 5.02. The van der Waals surface area contributed by atoms with Crippen molar-refractivity contribution in [1.29, 1.82) is 0 Å². The van der Waals surface area contributed by atoms with Crippen LogP contribution in [0.4, 0.5) is 4.39 Å². The summed E-state index contributed by atoms with van der Waals surface area (Å²) in [6, 6.07) is -0.975. The lowest BCUT2D eigenvalue weighted by atomic mass is 10.4. The molecule has 0 heterocycles. The highest BCUT2D eigenvalue weighted by Gasteiger charge is 1.77. The number of benzene rings is 1. The van der Waals surface area contributed by atoms with Crippen molar-refractivity contribution in [2.75, 3.05) is 0 Å². The van der Waals surface area contributed by atoms with Crippen molar-refractivity contribution in [2.45, 2.75) is 0 Å². The second-order valence-electron chi connectivity index (χ2n) is 0.997. The maximum atomic E-state index is 12.6. The summed E-state index contributed by atoms with van der Waals surface area (Å²) >= 11 is 0. The molecule has 0 aromatic heterocycles. The molecule has 0 spiro atoms. The maximum absolute atomic E-state index is 12.6. The third kappa shape index (κ3) is 1.000. The van der Waals surface area contributed by atoms with Crippen LogP contribution in [0.15, 0.2) is 30.2 Å². The van der Waals surface area contributed by atoms with E-state index in [2.05, 4.69) is 0 Å². The van der Waals surface area contributed by atoms with Crippen LogP contribution in [0.25, 0.3) is 0 Å². The molecule has 0 saturated carbocycles. The Morgan fingerprint density at radius 1 is 1.43 bits per heavy atom. The van der Waals surface area contributed by atoms with Crippen molar-refractivity contribution in [1.82, 2.24) is 0 Å². The summed E-state index contributed by atoms with van der Waals surface area (Å²) in [6.07, 6.45) is 0. The molecule has 0 amide bonds. The van der Waals surface area contributed by atoms with E-state index in [0.717, 1.165) is 6.07 Å².